The molecule has 3 rings (SSSR count). The summed E-state index contributed by atoms with van der Waals surface area (Å²) in [5, 5.41) is 2.94. The van der Waals surface area contributed by atoms with Gasteiger partial charge in [0.1, 0.15) is 0 Å². The van der Waals surface area contributed by atoms with Gasteiger partial charge in [-0.3, -0.25) is 14.8 Å². The van der Waals surface area contributed by atoms with Crippen molar-refractivity contribution in [1.82, 2.24) is 9.97 Å². The second-order valence-electron chi connectivity index (χ2n) is 5.72. The van der Waals surface area contributed by atoms with Gasteiger partial charge in [-0.1, -0.05) is 12.8 Å². The predicted molar refractivity (Wildman–Crippen MR) is 82.7 cm³/mol. The van der Waals surface area contributed by atoms with E-state index in [9.17, 15) is 4.79 Å². The summed E-state index contributed by atoms with van der Waals surface area (Å²) in [7, 11) is 0. The van der Waals surface area contributed by atoms with Crippen LogP contribution in [0.4, 0.5) is 5.69 Å². The van der Waals surface area contributed by atoms with E-state index in [1.54, 1.807) is 12.4 Å². The topological polar surface area (TPSA) is 80.9 Å². The van der Waals surface area contributed by atoms with Crippen LogP contribution in [-0.4, -0.2) is 21.9 Å². The van der Waals surface area contributed by atoms with E-state index in [0.717, 1.165) is 29.6 Å². The molecule has 2 aromatic rings. The Morgan fingerprint density at radius 3 is 2.76 bits per heavy atom. The van der Waals surface area contributed by atoms with E-state index in [1.165, 1.54) is 12.8 Å². The highest BCUT2D eigenvalue weighted by Crippen LogP contribution is 2.26. The molecule has 1 aromatic heterocycles. The molecule has 110 valence electrons. The van der Waals surface area contributed by atoms with Gasteiger partial charge in [0.05, 0.1) is 11.0 Å². The quantitative estimate of drug-likeness (QED) is 0.907. The molecule has 2 atom stereocenters. The molecular weight excluding hydrogens is 264 g/mol. The summed E-state index contributed by atoms with van der Waals surface area (Å²) in [4.78, 5) is 20.6. The minimum absolute atomic E-state index is 0.0283. The first-order valence-electron chi connectivity index (χ1n) is 7.48. The van der Waals surface area contributed by atoms with E-state index < -0.39 is 0 Å². The Bertz CT molecular complexity index is 643. The molecule has 0 saturated heterocycles. The van der Waals surface area contributed by atoms with E-state index in [1.807, 2.05) is 18.2 Å². The van der Waals surface area contributed by atoms with Gasteiger partial charge in [0.2, 0.25) is 5.91 Å². The first-order chi connectivity index (χ1) is 10.2. The molecule has 1 heterocycles. The van der Waals surface area contributed by atoms with Crippen LogP contribution >= 0.6 is 0 Å². The van der Waals surface area contributed by atoms with Crippen LogP contribution in [0.2, 0.25) is 0 Å². The summed E-state index contributed by atoms with van der Waals surface area (Å²) in [6.45, 7) is 0. The lowest BCUT2D eigenvalue weighted by atomic mass is 9.83. The maximum atomic E-state index is 12.2. The fourth-order valence-corrected chi connectivity index (χ4v) is 2.98. The number of nitrogens with zero attached hydrogens (tertiary/aromatic N) is 2. The van der Waals surface area contributed by atoms with Crippen molar-refractivity contribution in [3.8, 4) is 0 Å². The number of benzene rings is 1. The second-order valence-corrected chi connectivity index (χ2v) is 5.72. The standard InChI is InChI=1S/C16H20N4O/c17-13-4-2-1-3-11(13)9-16(21)20-12-5-6-14-15(10-12)19-8-7-18-14/h5-8,10-11,13H,1-4,9,17H2,(H,20,21). The third kappa shape index (κ3) is 3.36. The number of carbonyl (C=O) groups excluding carboxylic acids is 1. The molecule has 5 nitrogen and oxygen atoms in total. The van der Waals surface area contributed by atoms with Gasteiger partial charge in [0, 0.05) is 30.5 Å². The summed E-state index contributed by atoms with van der Waals surface area (Å²) in [6, 6.07) is 5.73. The van der Waals surface area contributed by atoms with E-state index >= 15 is 0 Å². The lowest BCUT2D eigenvalue weighted by Gasteiger charge is -2.27. The van der Waals surface area contributed by atoms with Crippen molar-refractivity contribution < 1.29 is 4.79 Å². The number of aromatic nitrogens is 2. The minimum Gasteiger partial charge on any atom is -0.327 e. The molecule has 1 aliphatic rings. The molecule has 1 aromatic carbocycles. The largest absolute Gasteiger partial charge is 0.327 e. The number of fused-ring (bicyclic) bond motifs is 1. The normalized spacial score (nSPS) is 22.1. The Kier molecular flexibility index (Phi) is 4.10. The molecular formula is C16H20N4O. The average Bonchev–Trinajstić information content (AvgIpc) is 2.49. The van der Waals surface area contributed by atoms with E-state index in [2.05, 4.69) is 15.3 Å². The Morgan fingerprint density at radius 2 is 1.95 bits per heavy atom. The zero-order chi connectivity index (χ0) is 14.7. The van der Waals surface area contributed by atoms with E-state index in [4.69, 9.17) is 5.73 Å². The SMILES string of the molecule is NC1CCCCC1CC(=O)Nc1ccc2nccnc2c1. The van der Waals surface area contributed by atoms with Gasteiger partial charge in [-0.15, -0.1) is 0 Å². The molecule has 5 heteroatoms. The predicted octanol–water partition coefficient (Wildman–Crippen LogP) is 2.48. The summed E-state index contributed by atoms with van der Waals surface area (Å²) in [5.74, 6) is 0.333. The highest BCUT2D eigenvalue weighted by Gasteiger charge is 2.24. The molecule has 0 aliphatic heterocycles. The van der Waals surface area contributed by atoms with Crippen LogP contribution in [0.1, 0.15) is 32.1 Å². The summed E-state index contributed by atoms with van der Waals surface area (Å²) < 4.78 is 0. The van der Waals surface area contributed by atoms with Gasteiger partial charge in [-0.25, -0.2) is 0 Å². The fourth-order valence-electron chi connectivity index (χ4n) is 2.98. The third-order valence-corrected chi connectivity index (χ3v) is 4.17. The smallest absolute Gasteiger partial charge is 0.224 e. The van der Waals surface area contributed by atoms with Crippen LogP contribution in [0.5, 0.6) is 0 Å². The van der Waals surface area contributed by atoms with Crippen LogP contribution in [0.3, 0.4) is 0 Å². The number of amides is 1. The zero-order valence-corrected chi connectivity index (χ0v) is 12.0. The molecule has 1 fully saturated rings. The van der Waals surface area contributed by atoms with Crippen LogP contribution in [0.25, 0.3) is 11.0 Å². The Labute approximate surface area is 124 Å². The monoisotopic (exact) mass is 284 g/mol. The van der Waals surface area contributed by atoms with Crippen molar-refractivity contribution in [2.75, 3.05) is 5.32 Å². The Hall–Kier alpha value is -2.01. The number of hydrogen-bond donors (Lipinski definition) is 2. The Morgan fingerprint density at radius 1 is 1.19 bits per heavy atom. The lowest BCUT2D eigenvalue weighted by Crippen LogP contribution is -2.35. The van der Waals surface area contributed by atoms with Crippen molar-refractivity contribution in [1.29, 1.82) is 0 Å². The Balaban J connectivity index is 1.65. The number of carbonyl (C=O) groups is 1. The van der Waals surface area contributed by atoms with Crippen molar-refractivity contribution in [3.05, 3.63) is 30.6 Å². The molecule has 1 aliphatic carbocycles. The van der Waals surface area contributed by atoms with Gasteiger partial charge in [-0.2, -0.15) is 0 Å². The van der Waals surface area contributed by atoms with Crippen molar-refractivity contribution in [3.63, 3.8) is 0 Å². The van der Waals surface area contributed by atoms with Gasteiger partial charge >= 0.3 is 0 Å². The van der Waals surface area contributed by atoms with E-state index in [0.29, 0.717) is 12.3 Å². The van der Waals surface area contributed by atoms with E-state index in [-0.39, 0.29) is 11.9 Å². The van der Waals surface area contributed by atoms with Crippen LogP contribution in [-0.2, 0) is 4.79 Å². The third-order valence-electron chi connectivity index (χ3n) is 4.17. The molecule has 1 saturated carbocycles. The van der Waals surface area contributed by atoms with Crippen LogP contribution < -0.4 is 11.1 Å². The van der Waals surface area contributed by atoms with Crippen molar-refractivity contribution in [2.24, 2.45) is 11.7 Å². The average molecular weight is 284 g/mol. The van der Waals surface area contributed by atoms with Crippen LogP contribution in [0.15, 0.2) is 30.6 Å². The van der Waals surface area contributed by atoms with Gasteiger partial charge in [0.15, 0.2) is 0 Å². The molecule has 0 spiro atoms. The number of anilines is 1. The molecule has 1 amide bonds. The van der Waals surface area contributed by atoms with Crippen molar-refractivity contribution in [2.45, 2.75) is 38.1 Å². The summed E-state index contributed by atoms with van der Waals surface area (Å²) >= 11 is 0. The number of nitrogens with one attached hydrogen (secondary N) is 1. The first-order valence-corrected chi connectivity index (χ1v) is 7.48. The fraction of sp³-hybridized carbons (Fsp3) is 0.438. The molecule has 2 unspecified atom stereocenters. The van der Waals surface area contributed by atoms with Gasteiger partial charge in [0.25, 0.3) is 0 Å². The van der Waals surface area contributed by atoms with Gasteiger partial charge < -0.3 is 11.1 Å². The number of rotatable bonds is 3. The van der Waals surface area contributed by atoms with Crippen molar-refractivity contribution >= 4 is 22.6 Å². The molecule has 21 heavy (non-hydrogen) atoms. The number of hydrogen-bond acceptors (Lipinski definition) is 4. The number of nitrogens with two attached hydrogens (primary N) is 1. The second kappa shape index (κ2) is 6.18. The highest BCUT2D eigenvalue weighted by atomic mass is 16.1. The molecule has 3 N–H and O–H groups in total. The summed E-state index contributed by atoms with van der Waals surface area (Å²) in [5.41, 5.74) is 8.46. The lowest BCUT2D eigenvalue weighted by molar-refractivity contribution is -0.117. The highest BCUT2D eigenvalue weighted by molar-refractivity contribution is 5.93. The minimum atomic E-state index is 0.0283. The summed E-state index contributed by atoms with van der Waals surface area (Å²) in [6.07, 6.45) is 8.25. The molecule has 0 bridgehead atoms. The zero-order valence-electron chi connectivity index (χ0n) is 12.0. The molecule has 0 radical (unpaired) electrons. The maximum Gasteiger partial charge on any atom is 0.224 e. The van der Waals surface area contributed by atoms with Crippen LogP contribution in [0, 0.1) is 5.92 Å². The maximum absolute atomic E-state index is 12.2. The first kappa shape index (κ1) is 13.9. The van der Waals surface area contributed by atoms with Gasteiger partial charge in [-0.05, 0) is 37.0 Å².